The van der Waals surface area contributed by atoms with E-state index >= 15 is 0 Å². The summed E-state index contributed by atoms with van der Waals surface area (Å²) in [6.45, 7) is 0.537. The van der Waals surface area contributed by atoms with E-state index in [9.17, 15) is 14.5 Å². The van der Waals surface area contributed by atoms with Crippen LogP contribution < -0.4 is 5.73 Å². The summed E-state index contributed by atoms with van der Waals surface area (Å²) in [5.74, 6) is -0.844. The van der Waals surface area contributed by atoms with Crippen molar-refractivity contribution in [3.8, 4) is 0 Å². The van der Waals surface area contributed by atoms with Crippen molar-refractivity contribution in [2.75, 3.05) is 6.54 Å². The number of rotatable bonds is 5. The zero-order chi connectivity index (χ0) is 13.8. The van der Waals surface area contributed by atoms with Gasteiger partial charge in [0.2, 0.25) is 5.82 Å². The zero-order valence-corrected chi connectivity index (χ0v) is 9.99. The van der Waals surface area contributed by atoms with Crippen molar-refractivity contribution in [3.05, 3.63) is 51.6 Å². The van der Waals surface area contributed by atoms with Gasteiger partial charge in [0.15, 0.2) is 0 Å². The van der Waals surface area contributed by atoms with Crippen LogP contribution in [0.25, 0.3) is 0 Å². The van der Waals surface area contributed by atoms with Crippen LogP contribution in [-0.2, 0) is 13.0 Å². The summed E-state index contributed by atoms with van der Waals surface area (Å²) >= 11 is 0. The molecule has 0 atom stereocenters. The first-order valence-corrected chi connectivity index (χ1v) is 5.62. The van der Waals surface area contributed by atoms with Gasteiger partial charge in [0.25, 0.3) is 0 Å². The summed E-state index contributed by atoms with van der Waals surface area (Å²) in [4.78, 5) is 9.88. The van der Waals surface area contributed by atoms with Gasteiger partial charge in [0, 0.05) is 24.2 Å². The maximum atomic E-state index is 13.8. The summed E-state index contributed by atoms with van der Waals surface area (Å²) in [5, 5.41) is 18.3. The monoisotopic (exact) mass is 265 g/mol. The second-order valence-electron chi connectivity index (χ2n) is 3.95. The molecule has 0 aliphatic carbocycles. The molecule has 2 N–H and O–H groups in total. The number of halogens is 1. The lowest BCUT2D eigenvalue weighted by Gasteiger charge is -2.03. The predicted octanol–water partition coefficient (Wildman–Crippen LogP) is 0.875. The molecule has 0 amide bonds. The first-order valence-electron chi connectivity index (χ1n) is 5.62. The standard InChI is InChI=1S/C11H12FN5O2/c12-11-8(2-1-3-10(11)17(18)19)6-16-7-9(4-5-13)14-15-16/h1-3,7H,4-6,13H2. The molecule has 1 heterocycles. The Bertz CT molecular complexity index is 599. The van der Waals surface area contributed by atoms with Crippen LogP contribution in [0.5, 0.6) is 0 Å². The van der Waals surface area contributed by atoms with E-state index in [1.54, 1.807) is 6.20 Å². The molecule has 0 aliphatic rings. The molecule has 1 aromatic heterocycles. The van der Waals surface area contributed by atoms with E-state index in [-0.39, 0.29) is 12.1 Å². The highest BCUT2D eigenvalue weighted by Crippen LogP contribution is 2.20. The van der Waals surface area contributed by atoms with Crippen molar-refractivity contribution >= 4 is 5.69 Å². The van der Waals surface area contributed by atoms with E-state index in [1.807, 2.05) is 0 Å². The minimum atomic E-state index is -0.844. The Balaban J connectivity index is 2.23. The summed E-state index contributed by atoms with van der Waals surface area (Å²) in [5.41, 5.74) is 5.74. The van der Waals surface area contributed by atoms with Crippen molar-refractivity contribution in [2.45, 2.75) is 13.0 Å². The van der Waals surface area contributed by atoms with Gasteiger partial charge in [0.1, 0.15) is 0 Å². The lowest BCUT2D eigenvalue weighted by Crippen LogP contribution is -2.05. The quantitative estimate of drug-likeness (QED) is 0.638. The van der Waals surface area contributed by atoms with Crippen LogP contribution in [0.3, 0.4) is 0 Å². The third-order valence-electron chi connectivity index (χ3n) is 2.57. The van der Waals surface area contributed by atoms with Gasteiger partial charge in [0.05, 0.1) is 17.2 Å². The Hall–Kier alpha value is -2.35. The van der Waals surface area contributed by atoms with Crippen molar-refractivity contribution in [1.29, 1.82) is 0 Å². The van der Waals surface area contributed by atoms with Crippen LogP contribution in [0, 0.1) is 15.9 Å². The van der Waals surface area contributed by atoms with Gasteiger partial charge in [-0.1, -0.05) is 17.3 Å². The van der Waals surface area contributed by atoms with Gasteiger partial charge in [-0.2, -0.15) is 4.39 Å². The summed E-state index contributed by atoms with van der Waals surface area (Å²) in [6.07, 6.45) is 2.22. The van der Waals surface area contributed by atoms with Crippen LogP contribution in [-0.4, -0.2) is 26.5 Å². The molecular weight excluding hydrogens is 253 g/mol. The van der Waals surface area contributed by atoms with Gasteiger partial charge >= 0.3 is 5.69 Å². The lowest BCUT2D eigenvalue weighted by molar-refractivity contribution is -0.387. The van der Waals surface area contributed by atoms with E-state index in [0.717, 1.165) is 6.07 Å². The Kier molecular flexibility index (Phi) is 3.81. The summed E-state index contributed by atoms with van der Waals surface area (Å²) in [7, 11) is 0. The van der Waals surface area contributed by atoms with Crippen LogP contribution in [0.4, 0.5) is 10.1 Å². The van der Waals surface area contributed by atoms with Gasteiger partial charge in [-0.05, 0) is 6.54 Å². The molecule has 2 aromatic rings. The summed E-state index contributed by atoms with van der Waals surface area (Å²) < 4.78 is 15.3. The first kappa shape index (κ1) is 13.1. The van der Waals surface area contributed by atoms with Gasteiger partial charge in [-0.3, -0.25) is 10.1 Å². The second kappa shape index (κ2) is 5.53. The Morgan fingerprint density at radius 1 is 1.47 bits per heavy atom. The fraction of sp³-hybridized carbons (Fsp3) is 0.273. The molecule has 19 heavy (non-hydrogen) atoms. The minimum absolute atomic E-state index is 0.0884. The van der Waals surface area contributed by atoms with Crippen LogP contribution in [0.15, 0.2) is 24.4 Å². The normalized spacial score (nSPS) is 10.6. The second-order valence-corrected chi connectivity index (χ2v) is 3.95. The molecule has 0 fully saturated rings. The highest BCUT2D eigenvalue weighted by molar-refractivity contribution is 5.36. The predicted molar refractivity (Wildman–Crippen MR) is 64.9 cm³/mol. The maximum Gasteiger partial charge on any atom is 0.305 e. The maximum absolute atomic E-state index is 13.8. The van der Waals surface area contributed by atoms with Gasteiger partial charge in [-0.25, -0.2) is 4.68 Å². The Labute approximate surface area is 108 Å². The number of aromatic nitrogens is 3. The first-order chi connectivity index (χ1) is 9.11. The molecule has 100 valence electrons. The third-order valence-corrected chi connectivity index (χ3v) is 2.57. The van der Waals surface area contributed by atoms with E-state index in [1.165, 1.54) is 16.8 Å². The molecule has 7 nitrogen and oxygen atoms in total. The third kappa shape index (κ3) is 2.91. The highest BCUT2D eigenvalue weighted by atomic mass is 19.1. The largest absolute Gasteiger partial charge is 0.330 e. The zero-order valence-electron chi connectivity index (χ0n) is 9.99. The van der Waals surface area contributed by atoms with Crippen molar-refractivity contribution in [3.63, 3.8) is 0 Å². The Morgan fingerprint density at radius 3 is 2.95 bits per heavy atom. The Morgan fingerprint density at radius 2 is 2.26 bits per heavy atom. The van der Waals surface area contributed by atoms with E-state index < -0.39 is 16.4 Å². The molecule has 2 rings (SSSR count). The minimum Gasteiger partial charge on any atom is -0.330 e. The van der Waals surface area contributed by atoms with Crippen LogP contribution in [0.2, 0.25) is 0 Å². The number of hydrogen-bond acceptors (Lipinski definition) is 5. The van der Waals surface area contributed by atoms with Crippen molar-refractivity contribution in [2.24, 2.45) is 5.73 Å². The lowest BCUT2D eigenvalue weighted by atomic mass is 10.2. The van der Waals surface area contributed by atoms with Crippen LogP contribution in [0.1, 0.15) is 11.3 Å². The van der Waals surface area contributed by atoms with Gasteiger partial charge < -0.3 is 5.73 Å². The molecular formula is C11H12FN5O2. The fourth-order valence-electron chi connectivity index (χ4n) is 1.68. The fourth-order valence-corrected chi connectivity index (χ4v) is 1.68. The molecule has 8 heteroatoms. The van der Waals surface area contributed by atoms with E-state index in [0.29, 0.717) is 18.7 Å². The smallest absolute Gasteiger partial charge is 0.305 e. The topological polar surface area (TPSA) is 99.9 Å². The molecule has 0 bridgehead atoms. The van der Waals surface area contributed by atoms with Crippen molar-refractivity contribution in [1.82, 2.24) is 15.0 Å². The van der Waals surface area contributed by atoms with E-state index in [4.69, 9.17) is 5.73 Å². The average molecular weight is 265 g/mol. The molecule has 0 aliphatic heterocycles. The molecule has 0 saturated carbocycles. The average Bonchev–Trinajstić information content (AvgIpc) is 2.79. The van der Waals surface area contributed by atoms with E-state index in [2.05, 4.69) is 10.3 Å². The number of nitro benzene ring substituents is 1. The molecule has 1 aromatic carbocycles. The summed E-state index contributed by atoms with van der Waals surface area (Å²) in [6, 6.07) is 4.04. The SMILES string of the molecule is NCCc1cn(Cc2cccc([N+](=O)[O-])c2F)nn1. The molecule has 0 radical (unpaired) electrons. The number of nitro groups is 1. The van der Waals surface area contributed by atoms with Crippen LogP contribution >= 0.6 is 0 Å². The van der Waals surface area contributed by atoms with Gasteiger partial charge in [-0.15, -0.1) is 5.10 Å². The molecule has 0 unspecified atom stereocenters. The molecule has 0 spiro atoms. The number of nitrogens with two attached hydrogens (primary N) is 1. The van der Waals surface area contributed by atoms with Crippen molar-refractivity contribution < 1.29 is 9.31 Å². The number of benzene rings is 1. The molecule has 0 saturated heterocycles. The number of hydrogen-bond donors (Lipinski definition) is 1. The number of nitrogens with zero attached hydrogens (tertiary/aromatic N) is 4. The highest BCUT2D eigenvalue weighted by Gasteiger charge is 2.17.